The van der Waals surface area contributed by atoms with Crippen molar-refractivity contribution in [2.75, 3.05) is 6.54 Å². The molecular weight excluding hydrogens is 306 g/mol. The van der Waals surface area contributed by atoms with Gasteiger partial charge in [-0.25, -0.2) is 0 Å². The number of hydrogen-bond donors (Lipinski definition) is 2. The van der Waals surface area contributed by atoms with Gasteiger partial charge in [-0.05, 0) is 67.7 Å². The lowest BCUT2D eigenvalue weighted by Gasteiger charge is -2.64. The number of aliphatic hydroxyl groups is 1. The molecule has 126 valence electrons. The molecule has 4 fully saturated rings. The SMILES string of the molecule is CCC12CC3CC(O)(C1)CC(C(=O)NCCc1cccs1)(C3)C2. The first-order valence-electron chi connectivity index (χ1n) is 9.00. The van der Waals surface area contributed by atoms with Gasteiger partial charge in [0.05, 0.1) is 11.0 Å². The average molecular weight is 333 g/mol. The summed E-state index contributed by atoms with van der Waals surface area (Å²) in [4.78, 5) is 14.3. The van der Waals surface area contributed by atoms with Crippen LogP contribution >= 0.6 is 11.3 Å². The number of carbonyl (C=O) groups excluding carboxylic acids is 1. The van der Waals surface area contributed by atoms with E-state index < -0.39 is 5.60 Å². The first-order valence-corrected chi connectivity index (χ1v) is 9.88. The van der Waals surface area contributed by atoms with Gasteiger partial charge in [-0.15, -0.1) is 11.3 Å². The van der Waals surface area contributed by atoms with Crippen LogP contribution in [0.5, 0.6) is 0 Å². The maximum atomic E-state index is 13.0. The first kappa shape index (κ1) is 15.6. The molecule has 1 amide bonds. The van der Waals surface area contributed by atoms with E-state index in [0.29, 0.717) is 18.9 Å². The highest BCUT2D eigenvalue weighted by molar-refractivity contribution is 7.09. The van der Waals surface area contributed by atoms with Crippen LogP contribution in [0.1, 0.15) is 56.7 Å². The summed E-state index contributed by atoms with van der Waals surface area (Å²) < 4.78 is 0. The molecule has 4 unspecified atom stereocenters. The maximum absolute atomic E-state index is 13.0. The standard InChI is InChI=1S/C19H27NO2S/c1-2-17-8-14-9-18(11-17,13-19(22,10-14)12-17)16(21)20-6-5-15-4-3-7-23-15/h3-4,7,14,22H,2,5-6,8-13H2,1H3,(H,20,21). The van der Waals surface area contributed by atoms with Gasteiger partial charge in [-0.1, -0.05) is 19.4 Å². The second kappa shape index (κ2) is 5.32. The summed E-state index contributed by atoms with van der Waals surface area (Å²) in [5.74, 6) is 0.744. The minimum atomic E-state index is -0.583. The zero-order valence-electron chi connectivity index (χ0n) is 13.9. The smallest absolute Gasteiger partial charge is 0.226 e. The molecule has 1 aromatic heterocycles. The summed E-state index contributed by atoms with van der Waals surface area (Å²) in [5, 5.41) is 16.3. The normalized spacial score (nSPS) is 41.2. The Morgan fingerprint density at radius 1 is 1.35 bits per heavy atom. The van der Waals surface area contributed by atoms with Crippen molar-refractivity contribution in [1.29, 1.82) is 0 Å². The van der Waals surface area contributed by atoms with Gasteiger partial charge >= 0.3 is 0 Å². The minimum Gasteiger partial charge on any atom is -0.390 e. The minimum absolute atomic E-state index is 0.203. The van der Waals surface area contributed by atoms with Crippen LogP contribution in [0.4, 0.5) is 0 Å². The molecule has 0 saturated heterocycles. The van der Waals surface area contributed by atoms with Crippen molar-refractivity contribution in [3.63, 3.8) is 0 Å². The fourth-order valence-electron chi connectivity index (χ4n) is 6.17. The fraction of sp³-hybridized carbons (Fsp3) is 0.737. The highest BCUT2D eigenvalue weighted by Crippen LogP contribution is 2.67. The molecular formula is C19H27NO2S. The van der Waals surface area contributed by atoms with Crippen molar-refractivity contribution < 1.29 is 9.90 Å². The van der Waals surface area contributed by atoms with E-state index in [4.69, 9.17) is 0 Å². The topological polar surface area (TPSA) is 49.3 Å². The average Bonchev–Trinajstić information content (AvgIpc) is 2.98. The summed E-state index contributed by atoms with van der Waals surface area (Å²) in [7, 11) is 0. The third kappa shape index (κ3) is 2.64. The van der Waals surface area contributed by atoms with E-state index in [1.807, 2.05) is 0 Å². The summed E-state index contributed by atoms with van der Waals surface area (Å²) in [6, 6.07) is 4.18. The maximum Gasteiger partial charge on any atom is 0.226 e. The molecule has 0 spiro atoms. The van der Waals surface area contributed by atoms with E-state index in [0.717, 1.165) is 38.5 Å². The Hall–Kier alpha value is -0.870. The van der Waals surface area contributed by atoms with Crippen LogP contribution < -0.4 is 5.32 Å². The van der Waals surface area contributed by atoms with E-state index >= 15 is 0 Å². The molecule has 4 aliphatic rings. The van der Waals surface area contributed by atoms with E-state index in [1.54, 1.807) is 11.3 Å². The molecule has 1 aromatic rings. The zero-order chi connectivity index (χ0) is 16.1. The largest absolute Gasteiger partial charge is 0.390 e. The second-order valence-electron chi connectivity index (χ2n) is 8.45. The Morgan fingerprint density at radius 3 is 2.91 bits per heavy atom. The van der Waals surface area contributed by atoms with E-state index in [1.165, 1.54) is 11.3 Å². The van der Waals surface area contributed by atoms with Gasteiger partial charge in [0, 0.05) is 11.4 Å². The number of amides is 1. The quantitative estimate of drug-likeness (QED) is 0.866. The second-order valence-corrected chi connectivity index (χ2v) is 9.48. The molecule has 3 nitrogen and oxygen atoms in total. The van der Waals surface area contributed by atoms with Crippen molar-refractivity contribution in [3.05, 3.63) is 22.4 Å². The Morgan fingerprint density at radius 2 is 2.22 bits per heavy atom. The lowest BCUT2D eigenvalue weighted by molar-refractivity contribution is -0.204. The summed E-state index contributed by atoms with van der Waals surface area (Å²) in [6.45, 7) is 2.95. The highest BCUT2D eigenvalue weighted by atomic mass is 32.1. The monoisotopic (exact) mass is 333 g/mol. The molecule has 4 bridgehead atoms. The van der Waals surface area contributed by atoms with E-state index in [-0.39, 0.29) is 16.7 Å². The third-order valence-electron chi connectivity index (χ3n) is 6.62. The molecule has 0 aromatic carbocycles. The van der Waals surface area contributed by atoms with Gasteiger partial charge in [0.1, 0.15) is 0 Å². The van der Waals surface area contributed by atoms with Crippen LogP contribution in [-0.2, 0) is 11.2 Å². The number of rotatable bonds is 5. The highest BCUT2D eigenvalue weighted by Gasteiger charge is 2.64. The summed E-state index contributed by atoms with van der Waals surface area (Å²) in [5.41, 5.74) is -0.681. The van der Waals surface area contributed by atoms with Crippen LogP contribution in [0.15, 0.2) is 17.5 Å². The van der Waals surface area contributed by atoms with Gasteiger partial charge in [0.25, 0.3) is 0 Å². The van der Waals surface area contributed by atoms with Crippen molar-refractivity contribution in [1.82, 2.24) is 5.32 Å². The van der Waals surface area contributed by atoms with E-state index in [9.17, 15) is 9.90 Å². The zero-order valence-corrected chi connectivity index (χ0v) is 14.8. The predicted molar refractivity (Wildman–Crippen MR) is 92.3 cm³/mol. The van der Waals surface area contributed by atoms with Crippen LogP contribution in [0.2, 0.25) is 0 Å². The number of hydrogen-bond acceptors (Lipinski definition) is 3. The number of nitrogens with one attached hydrogen (secondary N) is 1. The number of carbonyl (C=O) groups is 1. The Bertz CT molecular complexity index is 601. The molecule has 5 rings (SSSR count). The molecule has 4 aliphatic carbocycles. The Kier molecular flexibility index (Phi) is 3.62. The molecule has 1 heterocycles. The van der Waals surface area contributed by atoms with Gasteiger partial charge in [0.2, 0.25) is 5.91 Å². The van der Waals surface area contributed by atoms with Gasteiger partial charge < -0.3 is 10.4 Å². The van der Waals surface area contributed by atoms with Gasteiger partial charge in [-0.2, -0.15) is 0 Å². The van der Waals surface area contributed by atoms with Crippen molar-refractivity contribution in [2.45, 2.75) is 63.9 Å². The lowest BCUT2D eigenvalue weighted by atomic mass is 9.42. The predicted octanol–water partition coefficient (Wildman–Crippen LogP) is 3.52. The van der Waals surface area contributed by atoms with Crippen LogP contribution in [-0.4, -0.2) is 23.2 Å². The molecule has 0 aliphatic heterocycles. The Labute approximate surface area is 142 Å². The summed E-state index contributed by atoms with van der Waals surface area (Å²) >= 11 is 1.75. The van der Waals surface area contributed by atoms with E-state index in [2.05, 4.69) is 29.8 Å². The molecule has 0 radical (unpaired) electrons. The van der Waals surface area contributed by atoms with Crippen molar-refractivity contribution in [3.8, 4) is 0 Å². The molecule has 4 atom stereocenters. The van der Waals surface area contributed by atoms with Crippen LogP contribution in [0.3, 0.4) is 0 Å². The van der Waals surface area contributed by atoms with Gasteiger partial charge in [0.15, 0.2) is 0 Å². The molecule has 23 heavy (non-hydrogen) atoms. The third-order valence-corrected chi connectivity index (χ3v) is 7.56. The van der Waals surface area contributed by atoms with Crippen molar-refractivity contribution >= 4 is 17.2 Å². The van der Waals surface area contributed by atoms with Crippen molar-refractivity contribution in [2.24, 2.45) is 16.7 Å². The molecule has 2 N–H and O–H groups in total. The molecule has 4 heteroatoms. The summed E-state index contributed by atoms with van der Waals surface area (Å²) in [6.07, 6.45) is 7.71. The lowest BCUT2D eigenvalue weighted by Crippen LogP contribution is -2.63. The first-order chi connectivity index (χ1) is 11.0. The molecule has 4 saturated carbocycles. The fourth-order valence-corrected chi connectivity index (χ4v) is 6.88. The van der Waals surface area contributed by atoms with Crippen LogP contribution in [0, 0.1) is 16.7 Å². The number of thiophene rings is 1. The van der Waals surface area contributed by atoms with Crippen LogP contribution in [0.25, 0.3) is 0 Å². The van der Waals surface area contributed by atoms with Gasteiger partial charge in [-0.3, -0.25) is 4.79 Å². The Balaban J connectivity index is 1.47.